The minimum Gasteiger partial charge on any atom is -0.103 e. The van der Waals surface area contributed by atoms with Gasteiger partial charge in [0.05, 0.1) is 0 Å². The summed E-state index contributed by atoms with van der Waals surface area (Å²) in [4.78, 5) is 0. The Morgan fingerprint density at radius 2 is 2.08 bits per heavy atom. The number of rotatable bonds is 3. The highest BCUT2D eigenvalue weighted by Crippen LogP contribution is 2.16. The minimum absolute atomic E-state index is 1.13. The van der Waals surface area contributed by atoms with E-state index in [1.165, 1.54) is 32.1 Å². The van der Waals surface area contributed by atoms with Crippen LogP contribution in [-0.4, -0.2) is 0 Å². The second-order valence-corrected chi connectivity index (χ2v) is 3.28. The maximum Gasteiger partial charge on any atom is -0.0285 e. The SMILES string of the molecule is C=CCCC1=CCCC=CCC1. The molecule has 66 valence electrons. The fourth-order valence-electron chi connectivity index (χ4n) is 1.50. The standard InChI is InChI=1S/C12H18/c1-2-3-9-12-10-7-5-4-6-8-11-12/h2,4-5,11H,1,3,6-10H2. The van der Waals surface area contributed by atoms with Gasteiger partial charge in [-0.1, -0.05) is 29.9 Å². The van der Waals surface area contributed by atoms with Crippen LogP contribution in [0.1, 0.15) is 38.5 Å². The number of hydrogen-bond donors (Lipinski definition) is 0. The van der Waals surface area contributed by atoms with Gasteiger partial charge in [-0.05, 0) is 38.5 Å². The Bertz CT molecular complexity index is 180. The van der Waals surface area contributed by atoms with Gasteiger partial charge in [-0.15, -0.1) is 6.58 Å². The van der Waals surface area contributed by atoms with E-state index in [0.29, 0.717) is 0 Å². The molecular formula is C12H18. The van der Waals surface area contributed by atoms with Crippen molar-refractivity contribution in [2.24, 2.45) is 0 Å². The first-order chi connectivity index (χ1) is 5.93. The predicted molar refractivity (Wildman–Crippen MR) is 55.1 cm³/mol. The van der Waals surface area contributed by atoms with E-state index in [1.807, 2.05) is 6.08 Å². The van der Waals surface area contributed by atoms with Crippen molar-refractivity contribution in [1.82, 2.24) is 0 Å². The fourth-order valence-corrected chi connectivity index (χ4v) is 1.50. The lowest BCUT2D eigenvalue weighted by atomic mass is 10.0. The first-order valence-electron chi connectivity index (χ1n) is 4.87. The molecule has 0 saturated heterocycles. The summed E-state index contributed by atoms with van der Waals surface area (Å²) in [6, 6.07) is 0. The molecule has 0 atom stereocenters. The molecule has 0 heteroatoms. The van der Waals surface area contributed by atoms with Crippen molar-refractivity contribution in [2.75, 3.05) is 0 Å². The Kier molecular flexibility index (Phi) is 4.51. The highest BCUT2D eigenvalue weighted by Gasteiger charge is 1.96. The van der Waals surface area contributed by atoms with Gasteiger partial charge in [0.25, 0.3) is 0 Å². The van der Waals surface area contributed by atoms with Crippen LogP contribution in [0.15, 0.2) is 36.5 Å². The Morgan fingerprint density at radius 3 is 2.92 bits per heavy atom. The highest BCUT2D eigenvalue weighted by molar-refractivity contribution is 5.07. The largest absolute Gasteiger partial charge is 0.103 e. The maximum atomic E-state index is 3.75. The van der Waals surface area contributed by atoms with Crippen LogP contribution in [0.4, 0.5) is 0 Å². The lowest BCUT2D eigenvalue weighted by molar-refractivity contribution is 0.832. The van der Waals surface area contributed by atoms with Gasteiger partial charge in [0, 0.05) is 0 Å². The summed E-state index contributed by atoms with van der Waals surface area (Å²) in [5, 5.41) is 0. The van der Waals surface area contributed by atoms with E-state index < -0.39 is 0 Å². The highest BCUT2D eigenvalue weighted by atomic mass is 14.0. The van der Waals surface area contributed by atoms with E-state index in [0.717, 1.165) is 6.42 Å². The van der Waals surface area contributed by atoms with Crippen LogP contribution in [0.2, 0.25) is 0 Å². The van der Waals surface area contributed by atoms with Crippen LogP contribution in [0, 0.1) is 0 Å². The predicted octanol–water partition coefficient (Wildman–Crippen LogP) is 4.01. The van der Waals surface area contributed by atoms with Gasteiger partial charge in [-0.2, -0.15) is 0 Å². The molecule has 0 N–H and O–H groups in total. The fraction of sp³-hybridized carbons (Fsp3) is 0.500. The minimum atomic E-state index is 1.13. The lowest BCUT2D eigenvalue weighted by Gasteiger charge is -2.06. The van der Waals surface area contributed by atoms with Gasteiger partial charge in [0.2, 0.25) is 0 Å². The molecule has 0 aromatic rings. The van der Waals surface area contributed by atoms with Crippen LogP contribution in [0.5, 0.6) is 0 Å². The first-order valence-corrected chi connectivity index (χ1v) is 4.87. The van der Waals surface area contributed by atoms with Gasteiger partial charge < -0.3 is 0 Å². The topological polar surface area (TPSA) is 0 Å². The summed E-state index contributed by atoms with van der Waals surface area (Å²) in [7, 11) is 0. The van der Waals surface area contributed by atoms with Gasteiger partial charge >= 0.3 is 0 Å². The van der Waals surface area contributed by atoms with Crippen LogP contribution in [0.3, 0.4) is 0 Å². The van der Waals surface area contributed by atoms with Crippen LogP contribution < -0.4 is 0 Å². The zero-order valence-corrected chi connectivity index (χ0v) is 7.76. The van der Waals surface area contributed by atoms with Gasteiger partial charge in [-0.25, -0.2) is 0 Å². The van der Waals surface area contributed by atoms with Crippen LogP contribution >= 0.6 is 0 Å². The summed E-state index contributed by atoms with van der Waals surface area (Å²) < 4.78 is 0. The van der Waals surface area contributed by atoms with Crippen molar-refractivity contribution in [3.05, 3.63) is 36.5 Å². The molecule has 0 unspecified atom stereocenters. The molecule has 0 spiro atoms. The molecule has 0 saturated carbocycles. The van der Waals surface area contributed by atoms with Crippen molar-refractivity contribution >= 4 is 0 Å². The van der Waals surface area contributed by atoms with E-state index in [1.54, 1.807) is 5.57 Å². The summed E-state index contributed by atoms with van der Waals surface area (Å²) in [6.07, 6.45) is 16.3. The average Bonchev–Trinajstić information content (AvgIpc) is 2.02. The summed E-state index contributed by atoms with van der Waals surface area (Å²) in [5.41, 5.74) is 1.62. The quantitative estimate of drug-likeness (QED) is 0.550. The molecule has 0 fully saturated rings. The summed E-state index contributed by atoms with van der Waals surface area (Å²) in [5.74, 6) is 0. The molecule has 0 aromatic carbocycles. The molecule has 0 amide bonds. The number of allylic oxidation sites excluding steroid dienone is 5. The summed E-state index contributed by atoms with van der Waals surface area (Å²) >= 11 is 0. The second kappa shape index (κ2) is 5.82. The Hall–Kier alpha value is -0.780. The van der Waals surface area contributed by atoms with Crippen molar-refractivity contribution < 1.29 is 0 Å². The monoisotopic (exact) mass is 162 g/mol. The Balaban J connectivity index is 2.34. The van der Waals surface area contributed by atoms with Crippen molar-refractivity contribution in [2.45, 2.75) is 38.5 Å². The zero-order valence-electron chi connectivity index (χ0n) is 7.76. The molecule has 0 bridgehead atoms. The Morgan fingerprint density at radius 1 is 1.25 bits per heavy atom. The summed E-state index contributed by atoms with van der Waals surface area (Å²) in [6.45, 7) is 3.75. The third kappa shape index (κ3) is 3.56. The molecule has 0 aromatic heterocycles. The van der Waals surface area contributed by atoms with Crippen molar-refractivity contribution in [3.63, 3.8) is 0 Å². The second-order valence-electron chi connectivity index (χ2n) is 3.28. The lowest BCUT2D eigenvalue weighted by Crippen LogP contribution is -1.86. The third-order valence-electron chi connectivity index (χ3n) is 2.23. The zero-order chi connectivity index (χ0) is 8.65. The maximum absolute atomic E-state index is 3.75. The smallest absolute Gasteiger partial charge is 0.0285 e. The van der Waals surface area contributed by atoms with E-state index in [-0.39, 0.29) is 0 Å². The van der Waals surface area contributed by atoms with E-state index in [2.05, 4.69) is 24.8 Å². The van der Waals surface area contributed by atoms with Gasteiger partial charge in [-0.3, -0.25) is 0 Å². The van der Waals surface area contributed by atoms with E-state index in [4.69, 9.17) is 0 Å². The normalized spacial score (nSPS) is 17.8. The van der Waals surface area contributed by atoms with E-state index in [9.17, 15) is 0 Å². The average molecular weight is 162 g/mol. The molecular weight excluding hydrogens is 144 g/mol. The third-order valence-corrected chi connectivity index (χ3v) is 2.23. The van der Waals surface area contributed by atoms with Gasteiger partial charge in [0.1, 0.15) is 0 Å². The van der Waals surface area contributed by atoms with Gasteiger partial charge in [0.15, 0.2) is 0 Å². The molecule has 0 heterocycles. The van der Waals surface area contributed by atoms with Crippen molar-refractivity contribution in [1.29, 1.82) is 0 Å². The molecule has 1 aliphatic carbocycles. The molecule has 0 radical (unpaired) electrons. The molecule has 0 aliphatic heterocycles. The molecule has 0 nitrogen and oxygen atoms in total. The van der Waals surface area contributed by atoms with Crippen LogP contribution in [0.25, 0.3) is 0 Å². The molecule has 12 heavy (non-hydrogen) atoms. The number of hydrogen-bond acceptors (Lipinski definition) is 0. The van der Waals surface area contributed by atoms with E-state index >= 15 is 0 Å². The van der Waals surface area contributed by atoms with Crippen molar-refractivity contribution in [3.8, 4) is 0 Å². The Labute approximate surface area is 75.7 Å². The van der Waals surface area contributed by atoms with Crippen LogP contribution in [-0.2, 0) is 0 Å². The molecule has 1 rings (SSSR count). The first kappa shape index (κ1) is 9.31. The molecule has 1 aliphatic rings.